The van der Waals surface area contributed by atoms with E-state index in [1.165, 1.54) is 18.2 Å². The van der Waals surface area contributed by atoms with Gasteiger partial charge in [-0.15, -0.1) is 0 Å². The number of nitrogens with zero attached hydrogens (tertiary/aromatic N) is 1. The number of hydrogen-bond donors (Lipinski definition) is 3. The molecule has 0 unspecified atom stereocenters. The first-order valence-electron chi connectivity index (χ1n) is 7.28. The first kappa shape index (κ1) is 19.1. The fourth-order valence-electron chi connectivity index (χ4n) is 2.44. The van der Waals surface area contributed by atoms with Crippen LogP contribution in [0.15, 0.2) is 41.3 Å². The van der Waals surface area contributed by atoms with E-state index in [2.05, 4.69) is 0 Å². The number of thioether (sulfide) groups is 1. The minimum atomic E-state index is -4.67. The number of alkyl halides is 3. The largest absolute Gasteiger partial charge is 0.504 e. The SMILES string of the molecule is O=C1C(=Cc2cc(O)c(O)c(O)c2)SC(=S)N1c1ccccc1C(F)(F)F. The fourth-order valence-corrected chi connectivity index (χ4v) is 3.73. The minimum Gasteiger partial charge on any atom is -0.504 e. The summed E-state index contributed by atoms with van der Waals surface area (Å²) in [5.41, 5.74) is -1.22. The lowest BCUT2D eigenvalue weighted by Crippen LogP contribution is -2.29. The average Bonchev–Trinajstić information content (AvgIpc) is 2.85. The first-order chi connectivity index (χ1) is 12.6. The number of carbonyl (C=O) groups is 1. The first-order valence-corrected chi connectivity index (χ1v) is 8.51. The van der Waals surface area contributed by atoms with E-state index in [-0.39, 0.29) is 20.5 Å². The van der Waals surface area contributed by atoms with Crippen molar-refractivity contribution in [2.45, 2.75) is 6.18 Å². The third kappa shape index (κ3) is 3.58. The molecule has 3 N–H and O–H groups in total. The van der Waals surface area contributed by atoms with Crippen molar-refractivity contribution >= 4 is 46.0 Å². The van der Waals surface area contributed by atoms with Crippen molar-refractivity contribution in [2.75, 3.05) is 4.90 Å². The molecule has 1 heterocycles. The zero-order chi connectivity index (χ0) is 19.9. The predicted molar refractivity (Wildman–Crippen MR) is 98.5 cm³/mol. The number of phenolic OH excluding ortho intramolecular Hbond substituents is 3. The van der Waals surface area contributed by atoms with E-state index in [4.69, 9.17) is 12.2 Å². The van der Waals surface area contributed by atoms with Crippen molar-refractivity contribution in [3.63, 3.8) is 0 Å². The van der Waals surface area contributed by atoms with Gasteiger partial charge in [0.05, 0.1) is 16.2 Å². The molecule has 2 aromatic rings. The predicted octanol–water partition coefficient (Wildman–Crippen LogP) is 4.23. The number of halogens is 3. The molecule has 1 aliphatic heterocycles. The lowest BCUT2D eigenvalue weighted by molar-refractivity contribution is -0.137. The molecule has 1 aliphatic rings. The van der Waals surface area contributed by atoms with E-state index in [0.29, 0.717) is 0 Å². The molecule has 5 nitrogen and oxygen atoms in total. The summed E-state index contributed by atoms with van der Waals surface area (Å²) in [6.07, 6.45) is -3.42. The van der Waals surface area contributed by atoms with E-state index in [0.717, 1.165) is 40.9 Å². The molecule has 0 aromatic heterocycles. The highest BCUT2D eigenvalue weighted by Crippen LogP contribution is 2.43. The van der Waals surface area contributed by atoms with E-state index in [9.17, 15) is 33.3 Å². The Kier molecular flexibility index (Phi) is 4.79. The highest BCUT2D eigenvalue weighted by Gasteiger charge is 2.40. The second-order valence-electron chi connectivity index (χ2n) is 5.44. The lowest BCUT2D eigenvalue weighted by Gasteiger charge is -2.20. The number of amides is 1. The Morgan fingerprint density at radius 2 is 1.67 bits per heavy atom. The monoisotopic (exact) mass is 413 g/mol. The van der Waals surface area contributed by atoms with Crippen molar-refractivity contribution in [3.05, 3.63) is 52.4 Å². The molecular weight excluding hydrogens is 403 g/mol. The minimum absolute atomic E-state index is 0.00136. The van der Waals surface area contributed by atoms with Crippen LogP contribution in [0.2, 0.25) is 0 Å². The quantitative estimate of drug-likeness (QED) is 0.389. The molecule has 140 valence electrons. The van der Waals surface area contributed by atoms with Crippen LogP contribution < -0.4 is 4.90 Å². The maximum atomic E-state index is 13.2. The van der Waals surface area contributed by atoms with Gasteiger partial charge in [-0.05, 0) is 35.9 Å². The Morgan fingerprint density at radius 1 is 1.07 bits per heavy atom. The molecular formula is C17H10F3NO4S2. The number of rotatable bonds is 2. The number of hydrogen-bond acceptors (Lipinski definition) is 6. The van der Waals surface area contributed by atoms with Crippen LogP contribution in [0.3, 0.4) is 0 Å². The number of anilines is 1. The summed E-state index contributed by atoms with van der Waals surface area (Å²) in [6, 6.07) is 6.75. The van der Waals surface area contributed by atoms with Crippen molar-refractivity contribution in [1.82, 2.24) is 0 Å². The summed E-state index contributed by atoms with van der Waals surface area (Å²) in [6.45, 7) is 0. The fraction of sp³-hybridized carbons (Fsp3) is 0.0588. The third-order valence-corrected chi connectivity index (χ3v) is 4.94. The molecule has 1 fully saturated rings. The molecule has 0 spiro atoms. The Labute approximate surface area is 160 Å². The summed E-state index contributed by atoms with van der Waals surface area (Å²) < 4.78 is 39.6. The van der Waals surface area contributed by atoms with Crippen molar-refractivity contribution in [2.24, 2.45) is 0 Å². The molecule has 1 saturated heterocycles. The van der Waals surface area contributed by atoms with Crippen LogP contribution in [0.25, 0.3) is 6.08 Å². The number of thiocarbonyl (C=S) groups is 1. The Hall–Kier alpha value is -2.72. The zero-order valence-corrected chi connectivity index (χ0v) is 14.8. The Morgan fingerprint density at radius 3 is 2.26 bits per heavy atom. The second-order valence-corrected chi connectivity index (χ2v) is 7.12. The highest BCUT2D eigenvalue weighted by atomic mass is 32.2. The molecule has 0 bridgehead atoms. The second kappa shape index (κ2) is 6.78. The Balaban J connectivity index is 2.02. The van der Waals surface area contributed by atoms with Crippen LogP contribution in [0.4, 0.5) is 18.9 Å². The molecule has 0 saturated carbocycles. The molecule has 2 aromatic carbocycles. The van der Waals surface area contributed by atoms with Crippen LogP contribution >= 0.6 is 24.0 Å². The van der Waals surface area contributed by atoms with Gasteiger partial charge in [0.2, 0.25) is 0 Å². The van der Waals surface area contributed by atoms with Crippen LogP contribution in [-0.4, -0.2) is 25.5 Å². The van der Waals surface area contributed by atoms with E-state index in [1.54, 1.807) is 0 Å². The maximum Gasteiger partial charge on any atom is 0.418 e. The summed E-state index contributed by atoms with van der Waals surface area (Å²) in [7, 11) is 0. The number of carbonyl (C=O) groups excluding carboxylic acids is 1. The van der Waals surface area contributed by atoms with E-state index < -0.39 is 34.9 Å². The molecule has 0 atom stereocenters. The van der Waals surface area contributed by atoms with Gasteiger partial charge in [-0.2, -0.15) is 13.2 Å². The van der Waals surface area contributed by atoms with E-state index >= 15 is 0 Å². The van der Waals surface area contributed by atoms with Gasteiger partial charge in [-0.3, -0.25) is 9.69 Å². The normalized spacial score (nSPS) is 16.4. The molecule has 3 rings (SSSR count). The Bertz CT molecular complexity index is 965. The molecule has 0 aliphatic carbocycles. The van der Waals surface area contributed by atoms with Crippen LogP contribution in [-0.2, 0) is 11.0 Å². The van der Waals surface area contributed by atoms with Gasteiger partial charge in [0.25, 0.3) is 5.91 Å². The van der Waals surface area contributed by atoms with Gasteiger partial charge in [0.1, 0.15) is 0 Å². The lowest BCUT2D eigenvalue weighted by atomic mass is 10.1. The van der Waals surface area contributed by atoms with Crippen LogP contribution in [0.5, 0.6) is 17.2 Å². The number of benzene rings is 2. The highest BCUT2D eigenvalue weighted by molar-refractivity contribution is 8.27. The summed E-state index contributed by atoms with van der Waals surface area (Å²) in [4.78, 5) is 13.4. The van der Waals surface area contributed by atoms with Crippen LogP contribution in [0, 0.1) is 0 Å². The van der Waals surface area contributed by atoms with Gasteiger partial charge in [0, 0.05) is 0 Å². The molecule has 27 heavy (non-hydrogen) atoms. The van der Waals surface area contributed by atoms with Gasteiger partial charge in [0.15, 0.2) is 21.6 Å². The summed E-state index contributed by atoms with van der Waals surface area (Å²) in [5, 5.41) is 28.4. The van der Waals surface area contributed by atoms with Gasteiger partial charge in [-0.1, -0.05) is 36.1 Å². The number of aromatic hydroxyl groups is 3. The van der Waals surface area contributed by atoms with Crippen molar-refractivity contribution in [3.8, 4) is 17.2 Å². The molecule has 1 amide bonds. The summed E-state index contributed by atoms with van der Waals surface area (Å²) in [5.74, 6) is -2.72. The van der Waals surface area contributed by atoms with Gasteiger partial charge < -0.3 is 15.3 Å². The van der Waals surface area contributed by atoms with Gasteiger partial charge in [-0.25, -0.2) is 0 Å². The zero-order valence-electron chi connectivity index (χ0n) is 13.2. The number of phenols is 3. The van der Waals surface area contributed by atoms with Crippen LogP contribution in [0.1, 0.15) is 11.1 Å². The topological polar surface area (TPSA) is 81.0 Å². The third-order valence-electron chi connectivity index (χ3n) is 3.63. The summed E-state index contributed by atoms with van der Waals surface area (Å²) >= 11 is 5.85. The van der Waals surface area contributed by atoms with Crippen molar-refractivity contribution < 1.29 is 33.3 Å². The maximum absolute atomic E-state index is 13.2. The van der Waals surface area contributed by atoms with Gasteiger partial charge >= 0.3 is 6.18 Å². The number of para-hydroxylation sites is 1. The average molecular weight is 413 g/mol. The standard InChI is InChI=1S/C17H10F3NO4S2/c18-17(19,20)9-3-1-2-4-10(9)21-15(25)13(27-16(21)26)7-8-5-11(22)14(24)12(23)6-8/h1-7,22-24H. The van der Waals surface area contributed by atoms with E-state index in [1.807, 2.05) is 0 Å². The smallest absolute Gasteiger partial charge is 0.418 e. The molecule has 10 heteroatoms. The molecule has 0 radical (unpaired) electrons. The van der Waals surface area contributed by atoms with Crippen molar-refractivity contribution in [1.29, 1.82) is 0 Å².